The summed E-state index contributed by atoms with van der Waals surface area (Å²) in [5, 5.41) is 0.616. The van der Waals surface area contributed by atoms with E-state index in [2.05, 4.69) is 0 Å². The van der Waals surface area contributed by atoms with Gasteiger partial charge in [-0.25, -0.2) is 0 Å². The van der Waals surface area contributed by atoms with Gasteiger partial charge in [-0.05, 0) is 47.5 Å². The largest absolute Gasteiger partial charge is 0.444 e. The molecule has 0 bridgehead atoms. The lowest BCUT2D eigenvalue weighted by Gasteiger charge is -2.12. The second-order valence-corrected chi connectivity index (χ2v) is 11.5. The van der Waals surface area contributed by atoms with Gasteiger partial charge in [-0.2, -0.15) is 0 Å². The SMILES string of the molecule is CSP(=S)(Cl)Oc1cccc(Cl)c1. The average molecular weight is 273 g/mol. The van der Waals surface area contributed by atoms with Crippen molar-refractivity contribution in [3.8, 4) is 5.75 Å². The topological polar surface area (TPSA) is 9.23 Å². The van der Waals surface area contributed by atoms with Crippen LogP contribution in [0.3, 0.4) is 0 Å². The quantitative estimate of drug-likeness (QED) is 0.748. The summed E-state index contributed by atoms with van der Waals surface area (Å²) < 4.78 is 5.40. The molecule has 0 spiro atoms. The van der Waals surface area contributed by atoms with Crippen molar-refractivity contribution >= 4 is 50.8 Å². The average Bonchev–Trinajstić information content (AvgIpc) is 2.03. The molecule has 0 aromatic heterocycles. The van der Waals surface area contributed by atoms with Gasteiger partial charge in [0.15, 0.2) is 0 Å². The van der Waals surface area contributed by atoms with Gasteiger partial charge in [0.25, 0.3) is 4.82 Å². The summed E-state index contributed by atoms with van der Waals surface area (Å²) in [5.74, 6) is 0.625. The van der Waals surface area contributed by atoms with Gasteiger partial charge in [0.05, 0.1) is 0 Å². The zero-order valence-electron chi connectivity index (χ0n) is 6.74. The van der Waals surface area contributed by atoms with Gasteiger partial charge in [0.2, 0.25) is 0 Å². The van der Waals surface area contributed by atoms with E-state index in [1.165, 1.54) is 11.4 Å². The van der Waals surface area contributed by atoms with Gasteiger partial charge < -0.3 is 4.52 Å². The minimum absolute atomic E-state index is 0.616. The van der Waals surface area contributed by atoms with Crippen LogP contribution in [0.2, 0.25) is 5.02 Å². The molecule has 0 amide bonds. The Labute approximate surface area is 96.4 Å². The maximum atomic E-state index is 5.93. The van der Waals surface area contributed by atoms with Crippen molar-refractivity contribution in [2.24, 2.45) is 0 Å². The minimum Gasteiger partial charge on any atom is -0.444 e. The molecule has 0 radical (unpaired) electrons. The standard InChI is InChI=1S/C7H7Cl2OPS2/c1-13-11(9,12)10-7-4-2-3-6(8)5-7/h2-5H,1H3. The van der Waals surface area contributed by atoms with Gasteiger partial charge >= 0.3 is 0 Å². The molecule has 0 N–H and O–H groups in total. The molecular weight excluding hydrogens is 266 g/mol. The van der Waals surface area contributed by atoms with E-state index in [1.807, 2.05) is 6.26 Å². The van der Waals surface area contributed by atoms with Crippen LogP contribution in [0.1, 0.15) is 0 Å². The van der Waals surface area contributed by atoms with Crippen molar-refractivity contribution in [1.82, 2.24) is 0 Å². The molecule has 1 nitrogen and oxygen atoms in total. The summed E-state index contributed by atoms with van der Waals surface area (Å²) in [4.78, 5) is -2.25. The van der Waals surface area contributed by atoms with E-state index in [-0.39, 0.29) is 0 Å². The predicted molar refractivity (Wildman–Crippen MR) is 65.7 cm³/mol. The van der Waals surface area contributed by atoms with E-state index in [1.54, 1.807) is 24.3 Å². The maximum absolute atomic E-state index is 5.93. The molecule has 1 aromatic rings. The fourth-order valence-electron chi connectivity index (χ4n) is 0.687. The third kappa shape index (κ3) is 4.09. The van der Waals surface area contributed by atoms with Crippen LogP contribution in [0.15, 0.2) is 24.3 Å². The van der Waals surface area contributed by atoms with Gasteiger partial charge in [0.1, 0.15) is 5.75 Å². The Kier molecular flexibility index (Phi) is 4.40. The summed E-state index contributed by atoms with van der Waals surface area (Å²) in [6, 6.07) is 7.04. The van der Waals surface area contributed by atoms with Crippen LogP contribution in [0, 0.1) is 0 Å². The highest BCUT2D eigenvalue weighted by Crippen LogP contribution is 2.62. The Balaban J connectivity index is 2.81. The Hall–Kier alpha value is 0.600. The highest BCUT2D eigenvalue weighted by Gasteiger charge is 2.13. The smallest absolute Gasteiger partial charge is 0.254 e. The number of halogens is 2. The second kappa shape index (κ2) is 4.90. The third-order valence-electron chi connectivity index (χ3n) is 1.23. The molecule has 0 aliphatic rings. The summed E-state index contributed by atoms with van der Waals surface area (Å²) in [6.07, 6.45) is 1.83. The molecule has 1 rings (SSSR count). The molecule has 0 saturated carbocycles. The van der Waals surface area contributed by atoms with Crippen molar-refractivity contribution in [2.45, 2.75) is 0 Å². The first-order valence-electron chi connectivity index (χ1n) is 3.34. The maximum Gasteiger partial charge on any atom is 0.254 e. The van der Waals surface area contributed by atoms with Gasteiger partial charge in [-0.15, -0.1) is 0 Å². The molecule has 0 fully saturated rings. The van der Waals surface area contributed by atoms with Crippen molar-refractivity contribution in [3.63, 3.8) is 0 Å². The van der Waals surface area contributed by atoms with Crippen molar-refractivity contribution in [1.29, 1.82) is 0 Å². The van der Waals surface area contributed by atoms with Gasteiger partial charge in [-0.3, -0.25) is 0 Å². The lowest BCUT2D eigenvalue weighted by Crippen LogP contribution is -1.82. The third-order valence-corrected chi connectivity index (χ3v) is 6.88. The molecule has 0 heterocycles. The van der Waals surface area contributed by atoms with E-state index >= 15 is 0 Å². The molecular formula is C7H7Cl2OPS2. The Morgan fingerprint density at radius 1 is 1.54 bits per heavy atom. The van der Waals surface area contributed by atoms with Crippen LogP contribution < -0.4 is 4.52 Å². The summed E-state index contributed by atoms with van der Waals surface area (Å²) in [5.41, 5.74) is 0. The van der Waals surface area contributed by atoms with Gasteiger partial charge in [-0.1, -0.05) is 29.0 Å². The minimum atomic E-state index is -2.25. The van der Waals surface area contributed by atoms with E-state index in [9.17, 15) is 0 Å². The van der Waals surface area contributed by atoms with Crippen LogP contribution in [-0.2, 0) is 11.8 Å². The highest BCUT2D eigenvalue weighted by atomic mass is 35.7. The Morgan fingerprint density at radius 2 is 2.23 bits per heavy atom. The Bertz CT molecular complexity index is 345. The zero-order chi connectivity index (χ0) is 9.90. The van der Waals surface area contributed by atoms with Crippen molar-refractivity contribution in [3.05, 3.63) is 29.3 Å². The van der Waals surface area contributed by atoms with Crippen LogP contribution >= 0.6 is 39.0 Å². The first kappa shape index (κ1) is 11.7. The fraction of sp³-hybridized carbons (Fsp3) is 0.143. The lowest BCUT2D eigenvalue weighted by molar-refractivity contribution is 0.637. The number of hydrogen-bond donors (Lipinski definition) is 0. The Morgan fingerprint density at radius 3 is 2.77 bits per heavy atom. The lowest BCUT2D eigenvalue weighted by atomic mass is 10.3. The molecule has 72 valence electrons. The first-order valence-corrected chi connectivity index (χ1v) is 9.17. The van der Waals surface area contributed by atoms with Crippen LogP contribution in [0.25, 0.3) is 0 Å². The molecule has 1 unspecified atom stereocenters. The van der Waals surface area contributed by atoms with Crippen LogP contribution in [0.4, 0.5) is 0 Å². The zero-order valence-corrected chi connectivity index (χ0v) is 10.8. The van der Waals surface area contributed by atoms with E-state index in [0.29, 0.717) is 10.8 Å². The van der Waals surface area contributed by atoms with Crippen molar-refractivity contribution in [2.75, 3.05) is 6.26 Å². The molecule has 13 heavy (non-hydrogen) atoms. The normalized spacial score (nSPS) is 15.0. The highest BCUT2D eigenvalue weighted by molar-refractivity contribution is 8.76. The second-order valence-electron chi connectivity index (χ2n) is 2.16. The first-order chi connectivity index (χ1) is 6.03. The van der Waals surface area contributed by atoms with Crippen molar-refractivity contribution < 1.29 is 4.52 Å². The van der Waals surface area contributed by atoms with Crippen LogP contribution in [-0.4, -0.2) is 6.26 Å². The predicted octanol–water partition coefficient (Wildman–Crippen LogP) is 4.55. The molecule has 1 aromatic carbocycles. The van der Waals surface area contributed by atoms with E-state index < -0.39 is 4.82 Å². The molecule has 0 aliphatic heterocycles. The number of hydrogen-bond acceptors (Lipinski definition) is 3. The summed E-state index contributed by atoms with van der Waals surface area (Å²) in [6.45, 7) is 0. The fourth-order valence-corrected chi connectivity index (χ4v) is 2.29. The molecule has 1 atom stereocenters. The van der Waals surface area contributed by atoms with E-state index in [0.717, 1.165) is 0 Å². The monoisotopic (exact) mass is 272 g/mol. The number of rotatable bonds is 3. The van der Waals surface area contributed by atoms with Gasteiger partial charge in [0, 0.05) is 5.02 Å². The molecule has 0 aliphatic carbocycles. The summed E-state index contributed by atoms with van der Waals surface area (Å²) in [7, 11) is 0. The molecule has 6 heteroatoms. The van der Waals surface area contributed by atoms with Crippen LogP contribution in [0.5, 0.6) is 5.75 Å². The number of benzene rings is 1. The summed E-state index contributed by atoms with van der Waals surface area (Å²) >= 11 is 18.1. The van der Waals surface area contributed by atoms with E-state index in [4.69, 9.17) is 39.2 Å². The molecule has 0 saturated heterocycles.